The monoisotopic (exact) mass is 417 g/mol. The summed E-state index contributed by atoms with van der Waals surface area (Å²) in [6.45, 7) is 4.97. The fourth-order valence-corrected chi connectivity index (χ4v) is 5.66. The van der Waals surface area contributed by atoms with Crippen LogP contribution in [0.25, 0.3) is 5.52 Å². The predicted octanol–water partition coefficient (Wildman–Crippen LogP) is 2.35. The van der Waals surface area contributed by atoms with Crippen molar-refractivity contribution in [1.82, 2.24) is 24.0 Å². The Hall–Kier alpha value is -2.93. The number of hydrogen-bond donors (Lipinski definition) is 0. The summed E-state index contributed by atoms with van der Waals surface area (Å²) in [5.74, 6) is 0.508. The second kappa shape index (κ2) is 7.34. The van der Waals surface area contributed by atoms with Crippen LogP contribution in [-0.4, -0.2) is 56.1 Å². The van der Waals surface area contributed by atoms with E-state index in [1.165, 1.54) is 12.8 Å². The number of carbonyl (C=O) groups excluding carboxylic acids is 1. The third-order valence-corrected chi connectivity index (χ3v) is 7.15. The maximum atomic E-state index is 13.2. The van der Waals surface area contributed by atoms with Crippen molar-refractivity contribution in [1.29, 1.82) is 0 Å². The first-order valence-electron chi connectivity index (χ1n) is 11.3. The number of nitrogens with zero attached hydrogens (tertiary/aromatic N) is 5. The SMILES string of the molecule is O=C(c1cc2ccccn2n1)N1C[C@@H]2C[C@H](C1)c1ccc(CN3CCCC3)c(=O)n1C2. The van der Waals surface area contributed by atoms with Gasteiger partial charge in [0.15, 0.2) is 5.69 Å². The summed E-state index contributed by atoms with van der Waals surface area (Å²) in [7, 11) is 0. The molecule has 3 aromatic heterocycles. The van der Waals surface area contributed by atoms with E-state index >= 15 is 0 Å². The smallest absolute Gasteiger partial charge is 0.274 e. The summed E-state index contributed by atoms with van der Waals surface area (Å²) in [5.41, 5.74) is 3.57. The molecule has 3 aromatic rings. The van der Waals surface area contributed by atoms with Gasteiger partial charge in [-0.1, -0.05) is 12.1 Å². The first-order chi connectivity index (χ1) is 15.2. The molecule has 7 heteroatoms. The quantitative estimate of drug-likeness (QED) is 0.656. The molecule has 1 amide bonds. The van der Waals surface area contributed by atoms with Gasteiger partial charge in [-0.15, -0.1) is 0 Å². The molecule has 2 fully saturated rings. The van der Waals surface area contributed by atoms with Crippen LogP contribution in [0.5, 0.6) is 0 Å². The standard InChI is InChI=1S/C24H27N5O2/c30-23-18(15-26-8-3-4-9-26)6-7-22-19-11-17(14-28(22)23)13-27(16-19)24(31)21-12-20-5-1-2-10-29(20)25-21/h1-2,5-7,10,12,17,19H,3-4,8-9,11,13-16H2/t17-,19+/m0/s1. The number of fused-ring (bicyclic) bond motifs is 5. The number of likely N-dealkylation sites (tertiary alicyclic amines) is 2. The van der Waals surface area contributed by atoms with E-state index in [2.05, 4.69) is 16.1 Å². The van der Waals surface area contributed by atoms with E-state index in [9.17, 15) is 9.59 Å². The summed E-state index contributed by atoms with van der Waals surface area (Å²) in [6.07, 6.45) is 5.36. The number of aromatic nitrogens is 3. The molecule has 2 bridgehead atoms. The molecule has 6 heterocycles. The maximum absolute atomic E-state index is 13.2. The van der Waals surface area contributed by atoms with E-state index in [1.54, 1.807) is 4.52 Å². The van der Waals surface area contributed by atoms with Crippen molar-refractivity contribution in [2.24, 2.45) is 5.92 Å². The molecule has 7 nitrogen and oxygen atoms in total. The van der Waals surface area contributed by atoms with Crippen molar-refractivity contribution in [3.05, 3.63) is 69.9 Å². The van der Waals surface area contributed by atoms with Crippen LogP contribution >= 0.6 is 0 Å². The van der Waals surface area contributed by atoms with Gasteiger partial charge < -0.3 is 9.47 Å². The molecule has 0 unspecified atom stereocenters. The molecular weight excluding hydrogens is 390 g/mol. The van der Waals surface area contributed by atoms with Crippen LogP contribution in [0.2, 0.25) is 0 Å². The molecule has 6 rings (SSSR count). The van der Waals surface area contributed by atoms with Gasteiger partial charge in [-0.25, -0.2) is 4.52 Å². The van der Waals surface area contributed by atoms with E-state index < -0.39 is 0 Å². The zero-order chi connectivity index (χ0) is 20.9. The van der Waals surface area contributed by atoms with Gasteiger partial charge in [0.1, 0.15) is 0 Å². The zero-order valence-corrected chi connectivity index (χ0v) is 17.6. The Labute approximate surface area is 180 Å². The minimum Gasteiger partial charge on any atom is -0.336 e. The van der Waals surface area contributed by atoms with Gasteiger partial charge in [-0.2, -0.15) is 5.10 Å². The van der Waals surface area contributed by atoms with Gasteiger partial charge in [-0.3, -0.25) is 14.5 Å². The third-order valence-electron chi connectivity index (χ3n) is 7.15. The van der Waals surface area contributed by atoms with E-state index in [0.29, 0.717) is 31.2 Å². The molecule has 0 N–H and O–H groups in total. The van der Waals surface area contributed by atoms with Crippen molar-refractivity contribution in [3.63, 3.8) is 0 Å². The molecule has 0 saturated carbocycles. The van der Waals surface area contributed by atoms with Crippen LogP contribution in [0.1, 0.15) is 46.9 Å². The molecule has 3 aliphatic rings. The van der Waals surface area contributed by atoms with Gasteiger partial charge in [0, 0.05) is 49.6 Å². The summed E-state index contributed by atoms with van der Waals surface area (Å²) >= 11 is 0. The van der Waals surface area contributed by atoms with Crippen LogP contribution in [-0.2, 0) is 13.1 Å². The summed E-state index contributed by atoms with van der Waals surface area (Å²) in [4.78, 5) is 30.7. The van der Waals surface area contributed by atoms with Crippen LogP contribution in [0, 0.1) is 5.92 Å². The highest BCUT2D eigenvalue weighted by molar-refractivity contribution is 5.93. The van der Waals surface area contributed by atoms with Crippen molar-refractivity contribution in [2.45, 2.75) is 38.3 Å². The number of piperidine rings is 1. The topological polar surface area (TPSA) is 62.9 Å². The van der Waals surface area contributed by atoms with Gasteiger partial charge >= 0.3 is 0 Å². The molecule has 3 aliphatic heterocycles. The van der Waals surface area contributed by atoms with Crippen molar-refractivity contribution in [2.75, 3.05) is 26.2 Å². The Morgan fingerprint density at radius 1 is 1.06 bits per heavy atom. The normalized spacial score (nSPS) is 23.3. The Kier molecular flexibility index (Phi) is 4.45. The average molecular weight is 418 g/mol. The predicted molar refractivity (Wildman–Crippen MR) is 117 cm³/mol. The van der Waals surface area contributed by atoms with Crippen LogP contribution < -0.4 is 5.56 Å². The van der Waals surface area contributed by atoms with E-state index in [0.717, 1.165) is 42.8 Å². The lowest BCUT2D eigenvalue weighted by molar-refractivity contribution is 0.0588. The second-order valence-corrected chi connectivity index (χ2v) is 9.29. The highest BCUT2D eigenvalue weighted by atomic mass is 16.2. The lowest BCUT2D eigenvalue weighted by Gasteiger charge is -2.42. The number of pyridine rings is 2. The largest absolute Gasteiger partial charge is 0.336 e. The average Bonchev–Trinajstić information content (AvgIpc) is 3.45. The zero-order valence-electron chi connectivity index (χ0n) is 17.6. The van der Waals surface area contributed by atoms with Crippen molar-refractivity contribution >= 4 is 11.4 Å². The first kappa shape index (κ1) is 18.8. The van der Waals surface area contributed by atoms with E-state index in [1.807, 2.05) is 46.0 Å². The van der Waals surface area contributed by atoms with E-state index in [-0.39, 0.29) is 17.4 Å². The molecule has 31 heavy (non-hydrogen) atoms. The highest BCUT2D eigenvalue weighted by Crippen LogP contribution is 2.35. The summed E-state index contributed by atoms with van der Waals surface area (Å²) in [5, 5.41) is 4.47. The Morgan fingerprint density at radius 2 is 1.94 bits per heavy atom. The van der Waals surface area contributed by atoms with Crippen LogP contribution in [0.3, 0.4) is 0 Å². The molecule has 2 atom stereocenters. The second-order valence-electron chi connectivity index (χ2n) is 9.29. The summed E-state index contributed by atoms with van der Waals surface area (Å²) < 4.78 is 3.74. The lowest BCUT2D eigenvalue weighted by Crippen LogP contribution is -2.49. The molecule has 0 aliphatic carbocycles. The fourth-order valence-electron chi connectivity index (χ4n) is 5.66. The van der Waals surface area contributed by atoms with Crippen LogP contribution in [0.15, 0.2) is 47.4 Å². The van der Waals surface area contributed by atoms with Crippen molar-refractivity contribution < 1.29 is 4.79 Å². The van der Waals surface area contributed by atoms with Gasteiger partial charge in [-0.05, 0) is 62.5 Å². The Bertz CT molecular complexity index is 1170. The lowest BCUT2D eigenvalue weighted by atomic mass is 9.83. The molecular formula is C24H27N5O2. The Balaban J connectivity index is 1.25. The molecule has 0 radical (unpaired) electrons. The first-order valence-corrected chi connectivity index (χ1v) is 11.3. The van der Waals surface area contributed by atoms with Gasteiger partial charge in [0.2, 0.25) is 0 Å². The fraction of sp³-hybridized carbons (Fsp3) is 0.458. The molecule has 0 spiro atoms. The maximum Gasteiger partial charge on any atom is 0.274 e. The van der Waals surface area contributed by atoms with Crippen LogP contribution in [0.4, 0.5) is 0 Å². The van der Waals surface area contributed by atoms with Crippen molar-refractivity contribution in [3.8, 4) is 0 Å². The number of carbonyl (C=O) groups is 1. The minimum absolute atomic E-state index is 0.0140. The van der Waals surface area contributed by atoms with Gasteiger partial charge in [0.25, 0.3) is 11.5 Å². The van der Waals surface area contributed by atoms with E-state index in [4.69, 9.17) is 0 Å². The van der Waals surface area contributed by atoms with Gasteiger partial charge in [0.05, 0.1) is 5.52 Å². The number of amides is 1. The molecule has 2 saturated heterocycles. The Morgan fingerprint density at radius 3 is 2.77 bits per heavy atom. The minimum atomic E-state index is -0.0140. The molecule has 160 valence electrons. The number of rotatable bonds is 3. The number of hydrogen-bond acceptors (Lipinski definition) is 4. The highest BCUT2D eigenvalue weighted by Gasteiger charge is 2.37. The molecule has 0 aromatic carbocycles. The third kappa shape index (κ3) is 3.28. The summed E-state index contributed by atoms with van der Waals surface area (Å²) in [6, 6.07) is 11.8.